The van der Waals surface area contributed by atoms with Crippen molar-refractivity contribution in [1.82, 2.24) is 9.88 Å². The van der Waals surface area contributed by atoms with Crippen molar-refractivity contribution in [2.24, 2.45) is 0 Å². The molecule has 1 aromatic rings. The van der Waals surface area contributed by atoms with E-state index in [2.05, 4.69) is 9.88 Å². The minimum Gasteiger partial charge on any atom is -0.398 e. The Hall–Kier alpha value is -1.13. The Balaban J connectivity index is 2.35. The molecule has 0 saturated carbocycles. The molecule has 0 aromatic carbocycles. The second kappa shape index (κ2) is 3.22. The fourth-order valence-corrected chi connectivity index (χ4v) is 1.99. The Morgan fingerprint density at radius 3 is 3.00 bits per heavy atom. The van der Waals surface area contributed by atoms with Gasteiger partial charge in [-0.25, -0.2) is 0 Å². The summed E-state index contributed by atoms with van der Waals surface area (Å²) >= 11 is 0. The third-order valence-corrected chi connectivity index (χ3v) is 2.79. The fourth-order valence-electron chi connectivity index (χ4n) is 1.99. The van der Waals surface area contributed by atoms with E-state index in [9.17, 15) is 5.11 Å². The largest absolute Gasteiger partial charge is 0.398 e. The molecule has 4 nitrogen and oxygen atoms in total. The molecule has 0 radical (unpaired) electrons. The van der Waals surface area contributed by atoms with Crippen LogP contribution in [-0.2, 0) is 5.60 Å². The summed E-state index contributed by atoms with van der Waals surface area (Å²) in [5.74, 6) is 0. The molecule has 1 fully saturated rings. The maximum absolute atomic E-state index is 10.4. The van der Waals surface area contributed by atoms with E-state index in [0.717, 1.165) is 18.5 Å². The van der Waals surface area contributed by atoms with Crippen LogP contribution < -0.4 is 5.73 Å². The SMILES string of the molecule is CN1CCC(O)(c2cnccc2N)C1. The van der Waals surface area contributed by atoms with Crippen molar-refractivity contribution in [3.63, 3.8) is 0 Å². The minimum absolute atomic E-state index is 0.623. The molecule has 0 bridgehead atoms. The maximum Gasteiger partial charge on any atom is 0.107 e. The summed E-state index contributed by atoms with van der Waals surface area (Å²) in [7, 11) is 1.99. The van der Waals surface area contributed by atoms with Crippen molar-refractivity contribution in [2.45, 2.75) is 12.0 Å². The third-order valence-electron chi connectivity index (χ3n) is 2.79. The van der Waals surface area contributed by atoms with E-state index in [-0.39, 0.29) is 0 Å². The van der Waals surface area contributed by atoms with Crippen molar-refractivity contribution in [1.29, 1.82) is 0 Å². The van der Waals surface area contributed by atoms with Crippen molar-refractivity contribution in [3.05, 3.63) is 24.0 Å². The summed E-state index contributed by atoms with van der Waals surface area (Å²) in [6, 6.07) is 1.73. The first kappa shape index (κ1) is 9.43. The molecule has 0 aliphatic carbocycles. The average Bonchev–Trinajstić information content (AvgIpc) is 2.48. The number of nitrogens with two attached hydrogens (primary N) is 1. The lowest BCUT2D eigenvalue weighted by Gasteiger charge is -2.23. The number of aromatic nitrogens is 1. The average molecular weight is 193 g/mol. The van der Waals surface area contributed by atoms with Gasteiger partial charge in [0.2, 0.25) is 0 Å². The molecule has 1 atom stereocenters. The molecular weight excluding hydrogens is 178 g/mol. The van der Waals surface area contributed by atoms with Gasteiger partial charge in [0.15, 0.2) is 0 Å². The fraction of sp³-hybridized carbons (Fsp3) is 0.500. The maximum atomic E-state index is 10.4. The molecule has 3 N–H and O–H groups in total. The number of likely N-dealkylation sites (N-methyl/N-ethyl adjacent to an activating group) is 1. The zero-order chi connectivity index (χ0) is 10.2. The Morgan fingerprint density at radius 1 is 1.64 bits per heavy atom. The number of nitrogens with zero attached hydrogens (tertiary/aromatic N) is 2. The molecule has 2 rings (SSSR count). The van der Waals surface area contributed by atoms with Crippen LogP contribution in [0, 0.1) is 0 Å². The number of hydrogen-bond acceptors (Lipinski definition) is 4. The molecule has 1 aliphatic heterocycles. The molecule has 4 heteroatoms. The van der Waals surface area contributed by atoms with Gasteiger partial charge in [0.1, 0.15) is 5.60 Å². The molecule has 1 unspecified atom stereocenters. The van der Waals surface area contributed by atoms with Crippen LogP contribution in [0.5, 0.6) is 0 Å². The molecule has 2 heterocycles. The molecule has 1 saturated heterocycles. The normalized spacial score (nSPS) is 28.1. The molecule has 0 spiro atoms. The number of pyridine rings is 1. The van der Waals surface area contributed by atoms with Gasteiger partial charge < -0.3 is 15.7 Å². The van der Waals surface area contributed by atoms with Crippen LogP contribution in [0.25, 0.3) is 0 Å². The highest BCUT2D eigenvalue weighted by molar-refractivity contribution is 5.48. The molecule has 1 aromatic heterocycles. The molecule has 76 valence electrons. The van der Waals surface area contributed by atoms with Crippen LogP contribution in [0.4, 0.5) is 5.69 Å². The number of likely N-dealkylation sites (tertiary alicyclic amines) is 1. The number of hydrogen-bond donors (Lipinski definition) is 2. The lowest BCUT2D eigenvalue weighted by Crippen LogP contribution is -2.30. The topological polar surface area (TPSA) is 62.4 Å². The second-order valence-corrected chi connectivity index (χ2v) is 3.98. The summed E-state index contributed by atoms with van der Waals surface area (Å²) in [5, 5.41) is 10.4. The summed E-state index contributed by atoms with van der Waals surface area (Å²) in [6.45, 7) is 1.52. The zero-order valence-corrected chi connectivity index (χ0v) is 8.27. The molecule has 14 heavy (non-hydrogen) atoms. The van der Waals surface area contributed by atoms with Crippen LogP contribution in [0.3, 0.4) is 0 Å². The van der Waals surface area contributed by atoms with Crippen molar-refractivity contribution < 1.29 is 5.11 Å². The number of rotatable bonds is 1. The predicted molar refractivity (Wildman–Crippen MR) is 54.7 cm³/mol. The molecule has 0 amide bonds. The number of anilines is 1. The van der Waals surface area contributed by atoms with Crippen molar-refractivity contribution in [3.8, 4) is 0 Å². The second-order valence-electron chi connectivity index (χ2n) is 3.98. The van der Waals surface area contributed by atoms with Gasteiger partial charge in [-0.15, -0.1) is 0 Å². The lowest BCUT2D eigenvalue weighted by molar-refractivity contribution is 0.0493. The van der Waals surface area contributed by atoms with Gasteiger partial charge in [-0.1, -0.05) is 0 Å². The molecular formula is C10H15N3O. The van der Waals surface area contributed by atoms with E-state index in [1.165, 1.54) is 0 Å². The predicted octanol–water partition coefficient (Wildman–Crippen LogP) is 0.187. The highest BCUT2D eigenvalue weighted by atomic mass is 16.3. The Bertz CT molecular complexity index is 342. The lowest BCUT2D eigenvalue weighted by atomic mass is 9.93. The summed E-state index contributed by atoms with van der Waals surface area (Å²) in [5.41, 5.74) is 6.38. The van der Waals surface area contributed by atoms with Crippen molar-refractivity contribution >= 4 is 5.69 Å². The first-order valence-corrected chi connectivity index (χ1v) is 4.73. The summed E-state index contributed by atoms with van der Waals surface area (Å²) in [6.07, 6.45) is 4.02. The van der Waals surface area contributed by atoms with Crippen LogP contribution in [0.2, 0.25) is 0 Å². The highest BCUT2D eigenvalue weighted by Gasteiger charge is 2.37. The summed E-state index contributed by atoms with van der Waals surface area (Å²) in [4.78, 5) is 6.09. The van der Waals surface area contributed by atoms with Gasteiger partial charge >= 0.3 is 0 Å². The van der Waals surface area contributed by atoms with Crippen molar-refractivity contribution in [2.75, 3.05) is 25.9 Å². The zero-order valence-electron chi connectivity index (χ0n) is 8.27. The monoisotopic (exact) mass is 193 g/mol. The van der Waals surface area contributed by atoms with E-state index < -0.39 is 5.60 Å². The van der Waals surface area contributed by atoms with Gasteiger partial charge in [-0.3, -0.25) is 4.98 Å². The quantitative estimate of drug-likeness (QED) is 0.668. The number of β-amino-alcohol motifs (C(OH)–C–C–N with tert-alkyl or cyclic N) is 1. The third kappa shape index (κ3) is 1.47. The van der Waals surface area contributed by atoms with E-state index in [4.69, 9.17) is 5.73 Å². The van der Waals surface area contributed by atoms with Crippen LogP contribution in [0.1, 0.15) is 12.0 Å². The van der Waals surface area contributed by atoms with Gasteiger partial charge in [0.05, 0.1) is 0 Å². The first-order chi connectivity index (χ1) is 6.62. The van der Waals surface area contributed by atoms with E-state index in [1.54, 1.807) is 18.5 Å². The standard InChI is InChI=1S/C10H15N3O/c1-13-5-3-10(14,7-13)8-6-12-4-2-9(8)11/h2,4,6,14H,3,5,7H2,1H3,(H2,11,12). The number of aliphatic hydroxyl groups is 1. The van der Waals surface area contributed by atoms with Crippen LogP contribution in [0.15, 0.2) is 18.5 Å². The smallest absolute Gasteiger partial charge is 0.107 e. The van der Waals surface area contributed by atoms with Gasteiger partial charge in [-0.2, -0.15) is 0 Å². The van der Waals surface area contributed by atoms with E-state index in [1.807, 2.05) is 7.05 Å². The van der Waals surface area contributed by atoms with Crippen LogP contribution >= 0.6 is 0 Å². The Morgan fingerprint density at radius 2 is 2.43 bits per heavy atom. The highest BCUT2D eigenvalue weighted by Crippen LogP contribution is 2.33. The van der Waals surface area contributed by atoms with Gasteiger partial charge in [-0.05, 0) is 19.5 Å². The van der Waals surface area contributed by atoms with Gasteiger partial charge in [0, 0.05) is 36.7 Å². The Kier molecular flexibility index (Phi) is 2.17. The minimum atomic E-state index is -0.812. The van der Waals surface area contributed by atoms with E-state index in [0.29, 0.717) is 12.2 Å². The van der Waals surface area contributed by atoms with E-state index >= 15 is 0 Å². The summed E-state index contributed by atoms with van der Waals surface area (Å²) < 4.78 is 0. The Labute approximate surface area is 83.4 Å². The molecule has 1 aliphatic rings. The van der Waals surface area contributed by atoms with Gasteiger partial charge in [0.25, 0.3) is 0 Å². The first-order valence-electron chi connectivity index (χ1n) is 4.73. The van der Waals surface area contributed by atoms with Crippen LogP contribution in [-0.4, -0.2) is 35.1 Å². The number of nitrogen functional groups attached to an aromatic ring is 1.